The number of alkyl halides is 6. The van der Waals surface area contributed by atoms with E-state index in [0.29, 0.717) is 0 Å². The molecule has 0 saturated carbocycles. The maximum Gasteiger partial charge on any atom is 0.402 e. The second kappa shape index (κ2) is 5.37. The second-order valence-electron chi connectivity index (χ2n) is 3.78. The average molecular weight is 290 g/mol. The van der Waals surface area contributed by atoms with Crippen molar-refractivity contribution in [1.82, 2.24) is 15.0 Å². The predicted octanol–water partition coefficient (Wildman–Crippen LogP) is 2.15. The molecule has 1 aromatic rings. The van der Waals surface area contributed by atoms with Gasteiger partial charge in [-0.1, -0.05) is 0 Å². The third kappa shape index (κ3) is 3.38. The van der Waals surface area contributed by atoms with E-state index in [9.17, 15) is 26.3 Å². The summed E-state index contributed by atoms with van der Waals surface area (Å²) in [6.45, 7) is 1.74. The Kier molecular flexibility index (Phi) is 4.46. The number of nitrogens with zero attached hydrogens (tertiary/aromatic N) is 2. The monoisotopic (exact) mass is 290 g/mol. The van der Waals surface area contributed by atoms with Gasteiger partial charge >= 0.3 is 12.4 Å². The highest BCUT2D eigenvalue weighted by Gasteiger charge is 2.61. The Bertz CT molecular complexity index is 396. The fraction of sp³-hybridized carbons (Fsp3) is 0.667. The van der Waals surface area contributed by atoms with Crippen molar-refractivity contribution in [3.63, 3.8) is 0 Å². The van der Waals surface area contributed by atoms with Crippen LogP contribution in [-0.4, -0.2) is 21.9 Å². The molecule has 1 atom stereocenters. The van der Waals surface area contributed by atoms with Gasteiger partial charge in [0.25, 0.3) is 0 Å². The van der Waals surface area contributed by atoms with E-state index >= 15 is 0 Å². The lowest BCUT2D eigenvalue weighted by Gasteiger charge is -2.30. The van der Waals surface area contributed by atoms with Gasteiger partial charge in [0.15, 0.2) is 5.92 Å². The Morgan fingerprint density at radius 2 is 1.79 bits per heavy atom. The Morgan fingerprint density at radius 1 is 1.26 bits per heavy atom. The number of rotatable bonds is 4. The Labute approximate surface area is 104 Å². The van der Waals surface area contributed by atoms with Gasteiger partial charge in [0.05, 0.1) is 6.04 Å². The topological polar surface area (TPSA) is 55.9 Å². The van der Waals surface area contributed by atoms with Gasteiger partial charge in [0.2, 0.25) is 0 Å². The lowest BCUT2D eigenvalue weighted by molar-refractivity contribution is -0.293. The van der Waals surface area contributed by atoms with Crippen LogP contribution in [0.2, 0.25) is 0 Å². The minimum Gasteiger partial charge on any atom is -0.334 e. The molecule has 110 valence electrons. The first-order chi connectivity index (χ1) is 8.62. The van der Waals surface area contributed by atoms with Gasteiger partial charge in [0, 0.05) is 18.9 Å². The van der Waals surface area contributed by atoms with E-state index in [1.54, 1.807) is 12.3 Å². The van der Waals surface area contributed by atoms with Gasteiger partial charge < -0.3 is 4.57 Å². The van der Waals surface area contributed by atoms with Crippen molar-refractivity contribution < 1.29 is 26.3 Å². The zero-order valence-corrected chi connectivity index (χ0v) is 9.76. The molecule has 0 spiro atoms. The van der Waals surface area contributed by atoms with Crippen LogP contribution in [0.3, 0.4) is 0 Å². The molecule has 0 radical (unpaired) electrons. The minimum atomic E-state index is -5.49. The van der Waals surface area contributed by atoms with E-state index in [1.165, 1.54) is 6.20 Å². The fourth-order valence-corrected chi connectivity index (χ4v) is 1.75. The first kappa shape index (κ1) is 15.8. The van der Waals surface area contributed by atoms with Crippen LogP contribution in [0.4, 0.5) is 26.3 Å². The number of hydrogen-bond acceptors (Lipinski definition) is 3. The highest BCUT2D eigenvalue weighted by atomic mass is 19.4. The highest BCUT2D eigenvalue weighted by molar-refractivity contribution is 5.04. The zero-order valence-electron chi connectivity index (χ0n) is 9.76. The van der Waals surface area contributed by atoms with Crippen LogP contribution >= 0.6 is 0 Å². The van der Waals surface area contributed by atoms with Gasteiger partial charge in [-0.2, -0.15) is 26.3 Å². The quantitative estimate of drug-likeness (QED) is 0.507. The van der Waals surface area contributed by atoms with Crippen molar-refractivity contribution in [3.8, 4) is 0 Å². The number of imidazole rings is 1. The van der Waals surface area contributed by atoms with Crippen LogP contribution in [0.5, 0.6) is 0 Å². The summed E-state index contributed by atoms with van der Waals surface area (Å²) < 4.78 is 76.9. The van der Waals surface area contributed by atoms with Crippen LogP contribution in [0.15, 0.2) is 12.4 Å². The normalized spacial score (nSPS) is 15.0. The van der Waals surface area contributed by atoms with E-state index in [2.05, 4.69) is 4.98 Å². The first-order valence-corrected chi connectivity index (χ1v) is 5.23. The average Bonchev–Trinajstić information content (AvgIpc) is 2.69. The van der Waals surface area contributed by atoms with Crippen LogP contribution in [0.25, 0.3) is 0 Å². The molecule has 0 aliphatic rings. The molecule has 0 bridgehead atoms. The molecule has 0 amide bonds. The van der Waals surface area contributed by atoms with Crippen LogP contribution in [-0.2, 0) is 6.54 Å². The van der Waals surface area contributed by atoms with E-state index in [0.717, 1.165) is 10.8 Å². The van der Waals surface area contributed by atoms with E-state index in [4.69, 9.17) is 5.84 Å². The number of aromatic nitrogens is 2. The molecule has 3 N–H and O–H groups in total. The number of nitrogens with one attached hydrogen (secondary N) is 1. The lowest BCUT2D eigenvalue weighted by Crippen LogP contribution is -2.48. The zero-order chi connectivity index (χ0) is 14.8. The van der Waals surface area contributed by atoms with Crippen molar-refractivity contribution in [3.05, 3.63) is 18.2 Å². The third-order valence-electron chi connectivity index (χ3n) is 2.58. The molecule has 0 saturated heterocycles. The third-order valence-corrected chi connectivity index (χ3v) is 2.58. The van der Waals surface area contributed by atoms with Crippen molar-refractivity contribution in [2.24, 2.45) is 11.8 Å². The van der Waals surface area contributed by atoms with E-state index < -0.39 is 30.1 Å². The Morgan fingerprint density at radius 3 is 2.16 bits per heavy atom. The van der Waals surface area contributed by atoms with Crippen LogP contribution < -0.4 is 11.3 Å². The SMILES string of the molecule is CCn1ccnc1C(NN)C(C(F)(F)F)C(F)(F)F. The number of aryl methyl sites for hydroxylation is 1. The smallest absolute Gasteiger partial charge is 0.334 e. The van der Waals surface area contributed by atoms with E-state index in [1.807, 2.05) is 0 Å². The number of halogens is 6. The van der Waals surface area contributed by atoms with Crippen molar-refractivity contribution in [2.45, 2.75) is 31.9 Å². The molecule has 4 nitrogen and oxygen atoms in total. The molecule has 1 heterocycles. The first-order valence-electron chi connectivity index (χ1n) is 5.23. The summed E-state index contributed by atoms with van der Waals surface area (Å²) in [6, 6.07) is -2.20. The molecule has 10 heteroatoms. The summed E-state index contributed by atoms with van der Waals surface area (Å²) in [5.74, 6) is 0.839. The summed E-state index contributed by atoms with van der Waals surface area (Å²) in [4.78, 5) is 3.53. The summed E-state index contributed by atoms with van der Waals surface area (Å²) in [5, 5.41) is 0. The number of hydrazine groups is 1. The largest absolute Gasteiger partial charge is 0.402 e. The van der Waals surface area contributed by atoms with Crippen molar-refractivity contribution in [1.29, 1.82) is 0 Å². The highest BCUT2D eigenvalue weighted by Crippen LogP contribution is 2.45. The Hall–Kier alpha value is -1.29. The summed E-state index contributed by atoms with van der Waals surface area (Å²) in [7, 11) is 0. The van der Waals surface area contributed by atoms with Gasteiger partial charge in [-0.25, -0.2) is 10.4 Å². The summed E-state index contributed by atoms with van der Waals surface area (Å²) >= 11 is 0. The Balaban J connectivity index is 3.26. The lowest BCUT2D eigenvalue weighted by atomic mass is 9.98. The molecule has 0 aliphatic heterocycles. The summed E-state index contributed by atoms with van der Waals surface area (Å²) in [5.41, 5.74) is 1.57. The molecule has 0 aromatic carbocycles. The number of nitrogens with two attached hydrogens (primary N) is 1. The maximum absolute atomic E-state index is 12.6. The molecular formula is C9H12F6N4. The van der Waals surface area contributed by atoms with Gasteiger partial charge in [-0.15, -0.1) is 0 Å². The van der Waals surface area contributed by atoms with Crippen molar-refractivity contribution >= 4 is 0 Å². The number of hydrogen-bond donors (Lipinski definition) is 2. The fourth-order valence-electron chi connectivity index (χ4n) is 1.75. The van der Waals surface area contributed by atoms with Crippen LogP contribution in [0.1, 0.15) is 18.8 Å². The molecule has 0 fully saturated rings. The van der Waals surface area contributed by atoms with Gasteiger partial charge in [-0.05, 0) is 6.92 Å². The molecule has 1 rings (SSSR count). The second-order valence-corrected chi connectivity index (χ2v) is 3.78. The molecular weight excluding hydrogens is 278 g/mol. The molecule has 19 heavy (non-hydrogen) atoms. The van der Waals surface area contributed by atoms with E-state index in [-0.39, 0.29) is 6.54 Å². The summed E-state index contributed by atoms with van der Waals surface area (Å²) in [6.07, 6.45) is -8.57. The molecule has 1 unspecified atom stereocenters. The van der Waals surface area contributed by atoms with Crippen LogP contribution in [0, 0.1) is 5.92 Å². The maximum atomic E-state index is 12.6. The molecule has 1 aromatic heterocycles. The molecule has 0 aliphatic carbocycles. The van der Waals surface area contributed by atoms with Gasteiger partial charge in [-0.3, -0.25) is 5.84 Å². The van der Waals surface area contributed by atoms with Gasteiger partial charge in [0.1, 0.15) is 5.82 Å². The standard InChI is InChI=1S/C9H12F6N4/c1-2-19-4-3-17-7(19)5(18-16)6(8(10,11)12)9(13,14)15/h3-6,18H,2,16H2,1H3. The van der Waals surface area contributed by atoms with Crippen molar-refractivity contribution in [2.75, 3.05) is 0 Å². The predicted molar refractivity (Wildman–Crippen MR) is 53.6 cm³/mol. The minimum absolute atomic E-state index is 0.177.